The molecule has 0 aromatic carbocycles. The summed E-state index contributed by atoms with van der Waals surface area (Å²) < 4.78 is 25.3. The first-order valence-electron chi connectivity index (χ1n) is 5.09. The van der Waals surface area contributed by atoms with Gasteiger partial charge in [-0.1, -0.05) is 6.07 Å². The lowest BCUT2D eigenvalue weighted by Gasteiger charge is -2.13. The number of nitrogens with zero attached hydrogens (tertiary/aromatic N) is 1. The molecule has 1 unspecified atom stereocenters. The molecule has 1 amide bonds. The zero-order valence-corrected chi connectivity index (χ0v) is 8.78. The Balaban J connectivity index is 1.94. The van der Waals surface area contributed by atoms with E-state index in [2.05, 4.69) is 10.3 Å². The van der Waals surface area contributed by atoms with Gasteiger partial charge >= 0.3 is 0 Å². The second-order valence-electron chi connectivity index (χ2n) is 4.03. The molecule has 5 heteroatoms. The number of carbonyl (C=O) groups is 1. The van der Waals surface area contributed by atoms with E-state index in [0.717, 1.165) is 5.56 Å². The smallest absolute Gasteiger partial charge is 0.260 e. The van der Waals surface area contributed by atoms with Crippen LogP contribution in [0.25, 0.3) is 0 Å². The number of hydrogen-bond donors (Lipinski definition) is 1. The van der Waals surface area contributed by atoms with Crippen molar-refractivity contribution in [3.05, 3.63) is 30.1 Å². The number of halogens is 2. The van der Waals surface area contributed by atoms with Crippen molar-refractivity contribution in [3.8, 4) is 0 Å². The molecule has 3 nitrogen and oxygen atoms in total. The highest BCUT2D eigenvalue weighted by Gasteiger charge is 2.61. The van der Waals surface area contributed by atoms with Gasteiger partial charge in [0.1, 0.15) is 5.92 Å². The Morgan fingerprint density at radius 2 is 2.38 bits per heavy atom. The zero-order chi connectivity index (χ0) is 11.8. The van der Waals surface area contributed by atoms with Crippen LogP contribution >= 0.6 is 0 Å². The van der Waals surface area contributed by atoms with Crippen molar-refractivity contribution in [1.29, 1.82) is 0 Å². The quantitative estimate of drug-likeness (QED) is 0.855. The molecule has 1 fully saturated rings. The van der Waals surface area contributed by atoms with E-state index in [4.69, 9.17) is 0 Å². The van der Waals surface area contributed by atoms with E-state index in [-0.39, 0.29) is 12.5 Å². The maximum atomic E-state index is 12.6. The van der Waals surface area contributed by atoms with Crippen molar-refractivity contribution in [3.63, 3.8) is 0 Å². The zero-order valence-electron chi connectivity index (χ0n) is 8.78. The van der Waals surface area contributed by atoms with E-state index >= 15 is 0 Å². The van der Waals surface area contributed by atoms with Gasteiger partial charge in [0.25, 0.3) is 5.92 Å². The fourth-order valence-corrected chi connectivity index (χ4v) is 1.53. The van der Waals surface area contributed by atoms with Crippen molar-refractivity contribution in [1.82, 2.24) is 10.3 Å². The van der Waals surface area contributed by atoms with Gasteiger partial charge in [-0.05, 0) is 18.6 Å². The van der Waals surface area contributed by atoms with Gasteiger partial charge in [-0.25, -0.2) is 8.78 Å². The summed E-state index contributed by atoms with van der Waals surface area (Å²) in [6.45, 7) is 1.75. The average molecular weight is 226 g/mol. The largest absolute Gasteiger partial charge is 0.349 e. The fraction of sp³-hybridized carbons (Fsp3) is 0.455. The minimum absolute atomic E-state index is 0.294. The summed E-state index contributed by atoms with van der Waals surface area (Å²) in [5.74, 6) is -4.54. The molecule has 0 aliphatic heterocycles. The Kier molecular flexibility index (Phi) is 2.61. The third kappa shape index (κ3) is 2.18. The van der Waals surface area contributed by atoms with E-state index in [9.17, 15) is 13.6 Å². The highest BCUT2D eigenvalue weighted by atomic mass is 19.3. The van der Waals surface area contributed by atoms with Crippen LogP contribution in [0.15, 0.2) is 24.5 Å². The standard InChI is InChI=1S/C11H12F2N2O/c1-7(8-3-2-4-14-6-8)15-10(16)9-5-11(9,12)13/h2-4,6-7,9H,5H2,1H3,(H,15,16)/t7-,9?/m0/s1. The molecule has 1 saturated carbocycles. The predicted molar refractivity (Wildman–Crippen MR) is 53.8 cm³/mol. The molecule has 1 N–H and O–H groups in total. The Morgan fingerprint density at radius 1 is 1.69 bits per heavy atom. The number of hydrogen-bond acceptors (Lipinski definition) is 2. The highest BCUT2D eigenvalue weighted by Crippen LogP contribution is 2.48. The van der Waals surface area contributed by atoms with Crippen LogP contribution in [0.1, 0.15) is 24.9 Å². The van der Waals surface area contributed by atoms with E-state index < -0.39 is 17.7 Å². The third-order valence-electron chi connectivity index (χ3n) is 2.69. The summed E-state index contributed by atoms with van der Waals surface area (Å²) in [6, 6.07) is 3.24. The molecule has 86 valence electrons. The van der Waals surface area contributed by atoms with Crippen molar-refractivity contribution < 1.29 is 13.6 Å². The maximum absolute atomic E-state index is 12.6. The number of nitrogens with one attached hydrogen (secondary N) is 1. The summed E-state index contributed by atoms with van der Waals surface area (Å²) in [7, 11) is 0. The first-order chi connectivity index (χ1) is 7.50. The van der Waals surface area contributed by atoms with Crippen LogP contribution in [-0.2, 0) is 4.79 Å². The summed E-state index contributed by atoms with van der Waals surface area (Å²) in [6.07, 6.45) is 2.89. The van der Waals surface area contributed by atoms with Gasteiger partial charge in [0, 0.05) is 18.8 Å². The van der Waals surface area contributed by atoms with Crippen LogP contribution in [0.4, 0.5) is 8.78 Å². The number of amides is 1. The van der Waals surface area contributed by atoms with Crippen molar-refractivity contribution >= 4 is 5.91 Å². The second kappa shape index (κ2) is 3.81. The first-order valence-corrected chi connectivity index (χ1v) is 5.09. The maximum Gasteiger partial charge on any atom is 0.260 e. The highest BCUT2D eigenvalue weighted by molar-refractivity contribution is 5.83. The van der Waals surface area contributed by atoms with Crippen LogP contribution < -0.4 is 5.32 Å². The summed E-state index contributed by atoms with van der Waals surface area (Å²) in [4.78, 5) is 15.3. The average Bonchev–Trinajstić information content (AvgIpc) is 2.89. The second-order valence-corrected chi connectivity index (χ2v) is 4.03. The molecule has 2 atom stereocenters. The number of aromatic nitrogens is 1. The molecule has 1 aliphatic carbocycles. The van der Waals surface area contributed by atoms with Gasteiger partial charge in [-0.2, -0.15) is 0 Å². The lowest BCUT2D eigenvalue weighted by molar-refractivity contribution is -0.125. The van der Waals surface area contributed by atoms with Gasteiger partial charge < -0.3 is 5.32 Å². The summed E-state index contributed by atoms with van der Waals surface area (Å²) >= 11 is 0. The Hall–Kier alpha value is -1.52. The van der Waals surface area contributed by atoms with Gasteiger partial charge in [-0.15, -0.1) is 0 Å². The van der Waals surface area contributed by atoms with Crippen LogP contribution in [0.5, 0.6) is 0 Å². The summed E-state index contributed by atoms with van der Waals surface area (Å²) in [5.41, 5.74) is 0.805. The number of carbonyl (C=O) groups excluding carboxylic acids is 1. The Labute approximate surface area is 91.9 Å². The minimum atomic E-state index is -2.81. The van der Waals surface area contributed by atoms with Gasteiger partial charge in [-0.3, -0.25) is 9.78 Å². The van der Waals surface area contributed by atoms with E-state index in [1.54, 1.807) is 31.5 Å². The number of rotatable bonds is 3. The van der Waals surface area contributed by atoms with Gasteiger partial charge in [0.2, 0.25) is 5.91 Å². The topological polar surface area (TPSA) is 42.0 Å². The molecule has 0 bridgehead atoms. The molecule has 0 saturated heterocycles. The van der Waals surface area contributed by atoms with Gasteiger partial charge in [0.15, 0.2) is 0 Å². The Morgan fingerprint density at radius 3 is 2.88 bits per heavy atom. The molecule has 16 heavy (non-hydrogen) atoms. The van der Waals surface area contributed by atoms with Crippen molar-refractivity contribution in [2.45, 2.75) is 25.3 Å². The first kappa shape index (κ1) is 11.0. The molecule has 1 aliphatic rings. The normalized spacial score (nSPS) is 23.6. The number of pyridine rings is 1. The Bertz CT molecular complexity index is 394. The van der Waals surface area contributed by atoms with Crippen molar-refractivity contribution in [2.24, 2.45) is 5.92 Å². The van der Waals surface area contributed by atoms with E-state index in [1.807, 2.05) is 0 Å². The van der Waals surface area contributed by atoms with Crippen LogP contribution in [-0.4, -0.2) is 16.8 Å². The molecule has 1 aromatic rings. The molecular formula is C11H12F2N2O. The fourth-order valence-electron chi connectivity index (χ4n) is 1.53. The molecule has 1 heterocycles. The SMILES string of the molecule is C[C@H](NC(=O)C1CC1(F)F)c1cccnc1. The van der Waals surface area contributed by atoms with Crippen LogP contribution in [0.2, 0.25) is 0 Å². The molecule has 1 aromatic heterocycles. The molecular weight excluding hydrogens is 214 g/mol. The lowest BCUT2D eigenvalue weighted by Crippen LogP contribution is -2.29. The minimum Gasteiger partial charge on any atom is -0.349 e. The van der Waals surface area contributed by atoms with E-state index in [1.165, 1.54) is 0 Å². The van der Waals surface area contributed by atoms with E-state index in [0.29, 0.717) is 0 Å². The predicted octanol–water partition coefficient (Wildman–Crippen LogP) is 1.91. The molecule has 0 spiro atoms. The summed E-state index contributed by atoms with van der Waals surface area (Å²) in [5, 5.41) is 2.55. The van der Waals surface area contributed by atoms with Crippen LogP contribution in [0.3, 0.4) is 0 Å². The monoisotopic (exact) mass is 226 g/mol. The third-order valence-corrected chi connectivity index (χ3v) is 2.69. The number of alkyl halides is 2. The van der Waals surface area contributed by atoms with Crippen LogP contribution in [0, 0.1) is 5.92 Å². The molecule has 0 radical (unpaired) electrons. The molecule has 2 rings (SSSR count). The lowest BCUT2D eigenvalue weighted by atomic mass is 10.1. The van der Waals surface area contributed by atoms with Crippen molar-refractivity contribution in [2.75, 3.05) is 0 Å². The van der Waals surface area contributed by atoms with Gasteiger partial charge in [0.05, 0.1) is 6.04 Å².